The number of nitrogens with zero attached hydrogens (tertiary/aromatic N) is 5. The highest BCUT2D eigenvalue weighted by Gasteiger charge is 2.33. The first kappa shape index (κ1) is 31.3. The SMILES string of the molecule is Cn1c(=O)c(=O)n(C)c2cc([N+](=O)[O-])c(N=Nc3cc(C(C)(C)CC(C)(C)C)cc(C(C)(C)c4ccccc4)c3O)cc21. The number of aromatic hydroxyl groups is 1. The van der Waals surface area contributed by atoms with E-state index in [9.17, 15) is 24.8 Å². The van der Waals surface area contributed by atoms with E-state index >= 15 is 0 Å². The predicted molar refractivity (Wildman–Crippen MR) is 169 cm³/mol. The fraction of sp³-hybridized carbons (Fsp3) is 0.394. The van der Waals surface area contributed by atoms with Crippen LogP contribution < -0.4 is 11.1 Å². The van der Waals surface area contributed by atoms with E-state index in [1.165, 1.54) is 26.2 Å². The highest BCUT2D eigenvalue weighted by molar-refractivity contribution is 5.84. The summed E-state index contributed by atoms with van der Waals surface area (Å²) in [6.45, 7) is 14.9. The average molecular weight is 586 g/mol. The number of phenolic OH excluding ortho intramolecular Hbond substituents is 1. The Hall–Kier alpha value is -4.60. The topological polar surface area (TPSA) is 132 Å². The average Bonchev–Trinajstić information content (AvgIpc) is 2.92. The highest BCUT2D eigenvalue weighted by Crippen LogP contribution is 2.47. The molecule has 0 radical (unpaired) electrons. The minimum Gasteiger partial charge on any atom is -0.505 e. The van der Waals surface area contributed by atoms with E-state index in [2.05, 4.69) is 44.8 Å². The first-order chi connectivity index (χ1) is 19.8. The van der Waals surface area contributed by atoms with Gasteiger partial charge in [0.05, 0.1) is 16.0 Å². The second-order valence-corrected chi connectivity index (χ2v) is 13.5. The molecule has 0 aliphatic rings. The molecule has 1 heterocycles. The number of aromatic nitrogens is 2. The Balaban J connectivity index is 1.98. The number of fused-ring (bicyclic) bond motifs is 1. The Bertz CT molecular complexity index is 1880. The normalized spacial score (nSPS) is 12.8. The van der Waals surface area contributed by atoms with Gasteiger partial charge in [0.25, 0.3) is 5.69 Å². The third-order valence-corrected chi connectivity index (χ3v) is 8.06. The van der Waals surface area contributed by atoms with Crippen LogP contribution in [0, 0.1) is 15.5 Å². The summed E-state index contributed by atoms with van der Waals surface area (Å²) in [4.78, 5) is 36.2. The minimum absolute atomic E-state index is 0.0138. The van der Waals surface area contributed by atoms with Crippen molar-refractivity contribution in [3.63, 3.8) is 0 Å². The molecule has 0 atom stereocenters. The Morgan fingerprint density at radius 3 is 1.86 bits per heavy atom. The summed E-state index contributed by atoms with van der Waals surface area (Å²) < 4.78 is 2.21. The van der Waals surface area contributed by atoms with Gasteiger partial charge in [0, 0.05) is 31.1 Å². The molecule has 4 aromatic rings. The summed E-state index contributed by atoms with van der Waals surface area (Å²) in [6, 6.07) is 16.2. The number of nitro groups is 1. The van der Waals surface area contributed by atoms with Crippen molar-refractivity contribution in [1.29, 1.82) is 0 Å². The fourth-order valence-electron chi connectivity index (χ4n) is 5.93. The maximum Gasteiger partial charge on any atom is 0.316 e. The van der Waals surface area contributed by atoms with Crippen molar-refractivity contribution in [2.24, 2.45) is 29.7 Å². The number of azo groups is 1. The molecule has 0 saturated carbocycles. The molecule has 10 heteroatoms. The number of rotatable bonds is 7. The van der Waals surface area contributed by atoms with Crippen LogP contribution in [0.15, 0.2) is 74.4 Å². The highest BCUT2D eigenvalue weighted by atomic mass is 16.6. The van der Waals surface area contributed by atoms with Crippen molar-refractivity contribution in [2.45, 2.75) is 65.7 Å². The minimum atomic E-state index is -0.799. The maximum absolute atomic E-state index is 12.4. The molecule has 43 heavy (non-hydrogen) atoms. The van der Waals surface area contributed by atoms with Gasteiger partial charge in [-0.3, -0.25) is 19.7 Å². The number of nitro benzene ring substituents is 1. The Morgan fingerprint density at radius 1 is 0.791 bits per heavy atom. The molecule has 1 aromatic heterocycles. The van der Waals surface area contributed by atoms with Crippen molar-refractivity contribution in [1.82, 2.24) is 9.13 Å². The van der Waals surface area contributed by atoms with Crippen LogP contribution in [0.3, 0.4) is 0 Å². The summed E-state index contributed by atoms with van der Waals surface area (Å²) in [5, 5.41) is 32.3. The molecule has 0 unspecified atom stereocenters. The number of hydrogen-bond acceptors (Lipinski definition) is 7. The van der Waals surface area contributed by atoms with Crippen molar-refractivity contribution in [3.8, 4) is 5.75 Å². The number of aryl methyl sites for hydroxylation is 2. The van der Waals surface area contributed by atoms with Crippen LogP contribution >= 0.6 is 0 Å². The van der Waals surface area contributed by atoms with E-state index in [-0.39, 0.29) is 39.0 Å². The Labute approximate surface area is 250 Å². The van der Waals surface area contributed by atoms with Crippen molar-refractivity contribution < 1.29 is 10.0 Å². The van der Waals surface area contributed by atoms with Gasteiger partial charge in [0.1, 0.15) is 11.4 Å². The number of benzene rings is 3. The van der Waals surface area contributed by atoms with Crippen LogP contribution in [0.5, 0.6) is 5.75 Å². The molecule has 3 aromatic carbocycles. The van der Waals surface area contributed by atoms with Crippen LogP contribution in [0.1, 0.15) is 71.6 Å². The molecule has 0 spiro atoms. The van der Waals surface area contributed by atoms with Gasteiger partial charge in [0.2, 0.25) is 0 Å². The van der Waals surface area contributed by atoms with E-state index in [1.807, 2.05) is 50.2 Å². The lowest BCUT2D eigenvalue weighted by atomic mass is 9.70. The fourth-order valence-corrected chi connectivity index (χ4v) is 5.93. The van der Waals surface area contributed by atoms with Gasteiger partial charge in [-0.2, -0.15) is 0 Å². The lowest BCUT2D eigenvalue weighted by Gasteiger charge is -2.35. The van der Waals surface area contributed by atoms with Gasteiger partial charge >= 0.3 is 11.1 Å². The van der Waals surface area contributed by atoms with Gasteiger partial charge in [-0.25, -0.2) is 0 Å². The summed E-state index contributed by atoms with van der Waals surface area (Å²) >= 11 is 0. The smallest absolute Gasteiger partial charge is 0.316 e. The quantitative estimate of drug-likeness (QED) is 0.105. The summed E-state index contributed by atoms with van der Waals surface area (Å²) in [5.74, 6) is -0.0776. The molecule has 0 fully saturated rings. The van der Waals surface area contributed by atoms with E-state index in [0.717, 1.165) is 26.7 Å². The molecule has 0 amide bonds. The van der Waals surface area contributed by atoms with Gasteiger partial charge in [0.15, 0.2) is 5.69 Å². The zero-order valence-electron chi connectivity index (χ0n) is 26.2. The molecule has 0 bridgehead atoms. The standard InChI is InChI=1S/C33H39N5O5/c1-31(2,3)19-32(4,5)21-15-22(33(6,7)20-13-11-10-12-14-20)28(39)24(16-21)35-34-23-17-26-27(18-25(23)38(42)43)37(9)30(41)29(40)36(26)8/h10-18,39H,19H2,1-9H3. The lowest BCUT2D eigenvalue weighted by molar-refractivity contribution is -0.384. The lowest BCUT2D eigenvalue weighted by Crippen LogP contribution is -2.39. The molecule has 0 saturated heterocycles. The molecule has 10 nitrogen and oxygen atoms in total. The second kappa shape index (κ2) is 10.9. The Morgan fingerprint density at radius 2 is 1.33 bits per heavy atom. The number of phenols is 1. The van der Waals surface area contributed by atoms with Gasteiger partial charge < -0.3 is 14.2 Å². The van der Waals surface area contributed by atoms with E-state index < -0.39 is 27.1 Å². The molecule has 0 aliphatic carbocycles. The van der Waals surface area contributed by atoms with Gasteiger partial charge in [-0.1, -0.05) is 84.9 Å². The monoisotopic (exact) mass is 585 g/mol. The van der Waals surface area contributed by atoms with Crippen molar-refractivity contribution in [3.05, 3.63) is 102 Å². The first-order valence-corrected chi connectivity index (χ1v) is 14.1. The predicted octanol–water partition coefficient (Wildman–Crippen LogP) is 7.31. The second-order valence-electron chi connectivity index (χ2n) is 13.5. The van der Waals surface area contributed by atoms with Gasteiger partial charge in [-0.15, -0.1) is 10.2 Å². The maximum atomic E-state index is 12.4. The zero-order valence-corrected chi connectivity index (χ0v) is 26.2. The van der Waals surface area contributed by atoms with Crippen LogP contribution in [-0.4, -0.2) is 19.2 Å². The van der Waals surface area contributed by atoms with E-state index in [0.29, 0.717) is 5.56 Å². The van der Waals surface area contributed by atoms with Crippen LogP contribution in [-0.2, 0) is 24.9 Å². The largest absolute Gasteiger partial charge is 0.505 e. The van der Waals surface area contributed by atoms with E-state index in [1.54, 1.807) is 6.07 Å². The molecular formula is C33H39N5O5. The summed E-state index contributed by atoms with van der Waals surface area (Å²) in [5.41, 5.74) is 0.260. The third-order valence-electron chi connectivity index (χ3n) is 8.06. The zero-order chi connectivity index (χ0) is 32.1. The van der Waals surface area contributed by atoms with Crippen LogP contribution in [0.4, 0.5) is 17.1 Å². The number of hydrogen-bond donors (Lipinski definition) is 1. The van der Waals surface area contributed by atoms with Crippen LogP contribution in [0.25, 0.3) is 11.0 Å². The molecule has 4 rings (SSSR count). The Kier molecular flexibility index (Phi) is 7.95. The van der Waals surface area contributed by atoms with Crippen LogP contribution in [0.2, 0.25) is 0 Å². The summed E-state index contributed by atoms with van der Waals surface area (Å²) in [7, 11) is 2.80. The van der Waals surface area contributed by atoms with Gasteiger partial charge in [-0.05, 0) is 40.5 Å². The molecule has 0 aliphatic heterocycles. The molecule has 226 valence electrons. The van der Waals surface area contributed by atoms with Crippen molar-refractivity contribution in [2.75, 3.05) is 0 Å². The van der Waals surface area contributed by atoms with E-state index in [4.69, 9.17) is 0 Å². The molecule has 1 N–H and O–H groups in total. The van der Waals surface area contributed by atoms with Crippen molar-refractivity contribution >= 4 is 28.1 Å². The summed E-state index contributed by atoms with van der Waals surface area (Å²) in [6.07, 6.45) is 0.843. The molecular weight excluding hydrogens is 546 g/mol. The first-order valence-electron chi connectivity index (χ1n) is 14.1. The third kappa shape index (κ3) is 6.00.